The second-order valence-corrected chi connectivity index (χ2v) is 6.59. The Labute approximate surface area is 138 Å². The first kappa shape index (κ1) is 15.4. The number of rotatable bonds is 5. The summed E-state index contributed by atoms with van der Waals surface area (Å²) in [6.45, 7) is 0.327. The van der Waals surface area contributed by atoms with Gasteiger partial charge in [-0.1, -0.05) is 6.07 Å². The van der Waals surface area contributed by atoms with Gasteiger partial charge in [0.2, 0.25) is 5.91 Å². The number of carbonyl (C=O) groups is 1. The Morgan fingerprint density at radius 3 is 2.91 bits per heavy atom. The number of hydrogen-bond acceptors (Lipinski definition) is 5. The highest BCUT2D eigenvalue weighted by molar-refractivity contribution is 7.17. The van der Waals surface area contributed by atoms with E-state index in [4.69, 9.17) is 0 Å². The minimum absolute atomic E-state index is 0.126. The summed E-state index contributed by atoms with van der Waals surface area (Å²) in [5, 5.41) is 6.34. The molecule has 1 amide bonds. The van der Waals surface area contributed by atoms with Crippen molar-refractivity contribution in [2.75, 3.05) is 6.54 Å². The number of aromatic nitrogens is 2. The van der Waals surface area contributed by atoms with Crippen molar-refractivity contribution in [2.24, 2.45) is 0 Å². The maximum atomic E-state index is 12.2. The van der Waals surface area contributed by atoms with E-state index in [2.05, 4.69) is 10.3 Å². The van der Waals surface area contributed by atoms with E-state index in [0.29, 0.717) is 10.2 Å². The van der Waals surface area contributed by atoms with Gasteiger partial charge < -0.3 is 10.3 Å². The third-order valence-electron chi connectivity index (χ3n) is 3.17. The van der Waals surface area contributed by atoms with Gasteiger partial charge in [0.25, 0.3) is 5.56 Å². The Morgan fingerprint density at radius 2 is 2.13 bits per heavy atom. The zero-order valence-corrected chi connectivity index (χ0v) is 13.6. The van der Waals surface area contributed by atoms with Crippen LogP contribution in [0.25, 0.3) is 16.3 Å². The van der Waals surface area contributed by atoms with Crippen molar-refractivity contribution in [1.82, 2.24) is 14.9 Å². The Kier molecular flexibility index (Phi) is 4.54. The van der Waals surface area contributed by atoms with E-state index in [9.17, 15) is 14.4 Å². The van der Waals surface area contributed by atoms with Crippen molar-refractivity contribution >= 4 is 44.9 Å². The van der Waals surface area contributed by atoms with Crippen LogP contribution in [0, 0.1) is 0 Å². The lowest BCUT2D eigenvalue weighted by Gasteiger charge is -2.05. The number of nitrogens with zero attached hydrogens (tertiary/aromatic N) is 1. The second kappa shape index (κ2) is 6.76. The lowest BCUT2D eigenvalue weighted by molar-refractivity contribution is -0.116. The van der Waals surface area contributed by atoms with Gasteiger partial charge in [0, 0.05) is 24.0 Å². The van der Waals surface area contributed by atoms with Gasteiger partial charge in [0.1, 0.15) is 4.70 Å². The quantitative estimate of drug-likeness (QED) is 0.688. The zero-order valence-electron chi connectivity index (χ0n) is 11.9. The summed E-state index contributed by atoms with van der Waals surface area (Å²) in [4.78, 5) is 39.4. The maximum absolute atomic E-state index is 12.2. The third kappa shape index (κ3) is 3.49. The summed E-state index contributed by atoms with van der Waals surface area (Å²) in [6.07, 6.45) is 3.15. The van der Waals surface area contributed by atoms with Gasteiger partial charge in [-0.3, -0.25) is 14.2 Å². The topological polar surface area (TPSA) is 84.0 Å². The molecule has 0 aliphatic carbocycles. The van der Waals surface area contributed by atoms with Gasteiger partial charge in [-0.2, -0.15) is 0 Å². The molecule has 2 N–H and O–H groups in total. The summed E-state index contributed by atoms with van der Waals surface area (Å²) in [5.41, 5.74) is -0.254. The zero-order chi connectivity index (χ0) is 16.2. The summed E-state index contributed by atoms with van der Waals surface area (Å²) in [5.74, 6) is -0.264. The van der Waals surface area contributed by atoms with Crippen molar-refractivity contribution in [2.45, 2.75) is 6.54 Å². The number of fused-ring (bicyclic) bond motifs is 1. The average molecular weight is 347 g/mol. The number of H-pyrrole nitrogens is 1. The molecule has 3 aromatic heterocycles. The van der Waals surface area contributed by atoms with Crippen LogP contribution in [0.1, 0.15) is 4.88 Å². The molecule has 0 aliphatic heterocycles. The van der Waals surface area contributed by atoms with E-state index >= 15 is 0 Å². The predicted octanol–water partition coefficient (Wildman–Crippen LogP) is 1.64. The fraction of sp³-hybridized carbons (Fsp3) is 0.133. The third-order valence-corrected chi connectivity index (χ3v) is 4.91. The molecule has 0 fully saturated rings. The molecule has 0 saturated carbocycles. The van der Waals surface area contributed by atoms with Crippen molar-refractivity contribution in [3.8, 4) is 0 Å². The SMILES string of the molecule is O=C(C=Cc1cccs1)NCCn1c(=O)[nH]c2ccsc2c1=O. The molecule has 118 valence electrons. The number of amides is 1. The van der Waals surface area contributed by atoms with Crippen LogP contribution in [0.5, 0.6) is 0 Å². The molecule has 0 atom stereocenters. The van der Waals surface area contributed by atoms with E-state index in [1.807, 2.05) is 17.5 Å². The predicted molar refractivity (Wildman–Crippen MR) is 93.1 cm³/mol. The van der Waals surface area contributed by atoms with Crippen LogP contribution in [0.3, 0.4) is 0 Å². The molecule has 3 aromatic rings. The van der Waals surface area contributed by atoms with E-state index in [1.165, 1.54) is 28.7 Å². The molecule has 0 radical (unpaired) electrons. The van der Waals surface area contributed by atoms with Crippen LogP contribution in [-0.2, 0) is 11.3 Å². The molecule has 0 aliphatic rings. The molecule has 23 heavy (non-hydrogen) atoms. The maximum Gasteiger partial charge on any atom is 0.328 e. The molecule has 3 rings (SSSR count). The number of carbonyl (C=O) groups excluding carboxylic acids is 1. The van der Waals surface area contributed by atoms with Gasteiger partial charge >= 0.3 is 5.69 Å². The summed E-state index contributed by atoms with van der Waals surface area (Å²) in [7, 11) is 0. The van der Waals surface area contributed by atoms with Gasteiger partial charge in [-0.25, -0.2) is 4.79 Å². The average Bonchev–Trinajstić information content (AvgIpc) is 3.19. The Balaban J connectivity index is 1.64. The Hall–Kier alpha value is -2.45. The molecular formula is C15H13N3O3S2. The monoisotopic (exact) mass is 347 g/mol. The normalized spacial score (nSPS) is 11.3. The molecule has 0 aromatic carbocycles. The smallest absolute Gasteiger partial charge is 0.328 e. The van der Waals surface area contributed by atoms with Gasteiger partial charge in [0.15, 0.2) is 0 Å². The first-order valence-corrected chi connectivity index (χ1v) is 8.61. The minimum Gasteiger partial charge on any atom is -0.351 e. The van der Waals surface area contributed by atoms with Crippen LogP contribution in [0.15, 0.2) is 44.6 Å². The molecule has 3 heterocycles. The molecule has 6 nitrogen and oxygen atoms in total. The summed E-state index contributed by atoms with van der Waals surface area (Å²) in [6, 6.07) is 5.51. The molecule has 0 saturated heterocycles. The highest BCUT2D eigenvalue weighted by Gasteiger charge is 2.08. The molecule has 8 heteroatoms. The highest BCUT2D eigenvalue weighted by atomic mass is 32.1. The molecule has 0 bridgehead atoms. The number of hydrogen-bond donors (Lipinski definition) is 2. The largest absolute Gasteiger partial charge is 0.351 e. The number of thiophene rings is 2. The van der Waals surface area contributed by atoms with E-state index in [-0.39, 0.29) is 24.6 Å². The van der Waals surface area contributed by atoms with Gasteiger partial charge in [-0.15, -0.1) is 22.7 Å². The molecular weight excluding hydrogens is 334 g/mol. The minimum atomic E-state index is -0.468. The first-order valence-electron chi connectivity index (χ1n) is 6.85. The summed E-state index contributed by atoms with van der Waals surface area (Å²) < 4.78 is 1.61. The summed E-state index contributed by atoms with van der Waals surface area (Å²) >= 11 is 2.82. The number of nitrogens with one attached hydrogen (secondary N) is 2. The van der Waals surface area contributed by atoms with Crippen molar-refractivity contribution in [3.05, 3.63) is 60.8 Å². The molecule has 0 spiro atoms. The van der Waals surface area contributed by atoms with Crippen LogP contribution in [0.2, 0.25) is 0 Å². The lowest BCUT2D eigenvalue weighted by Crippen LogP contribution is -2.38. The van der Waals surface area contributed by atoms with Crippen LogP contribution in [0.4, 0.5) is 0 Å². The fourth-order valence-corrected chi connectivity index (χ4v) is 3.48. The van der Waals surface area contributed by atoms with Crippen molar-refractivity contribution in [3.63, 3.8) is 0 Å². The first-order chi connectivity index (χ1) is 11.1. The standard InChI is InChI=1S/C15H13N3O3S2/c19-12(4-3-10-2-1-8-22-10)16-6-7-18-14(20)13-11(5-9-23-13)17-15(18)21/h1-5,8-9H,6-7H2,(H,16,19)(H,17,21). The van der Waals surface area contributed by atoms with Crippen LogP contribution in [-0.4, -0.2) is 22.0 Å². The number of aromatic amines is 1. The van der Waals surface area contributed by atoms with E-state index in [1.54, 1.807) is 17.5 Å². The highest BCUT2D eigenvalue weighted by Crippen LogP contribution is 2.12. The van der Waals surface area contributed by atoms with Gasteiger partial charge in [0.05, 0.1) is 5.52 Å². The Bertz CT molecular complexity index is 964. The van der Waals surface area contributed by atoms with Crippen LogP contribution < -0.4 is 16.6 Å². The van der Waals surface area contributed by atoms with Crippen LogP contribution >= 0.6 is 22.7 Å². The van der Waals surface area contributed by atoms with E-state index in [0.717, 1.165) is 9.44 Å². The fourth-order valence-electron chi connectivity index (χ4n) is 2.07. The Morgan fingerprint density at radius 1 is 1.26 bits per heavy atom. The van der Waals surface area contributed by atoms with E-state index < -0.39 is 5.69 Å². The lowest BCUT2D eigenvalue weighted by atomic mass is 10.4. The second-order valence-electron chi connectivity index (χ2n) is 4.69. The van der Waals surface area contributed by atoms with Crippen molar-refractivity contribution in [1.29, 1.82) is 0 Å². The van der Waals surface area contributed by atoms with Crippen molar-refractivity contribution < 1.29 is 4.79 Å². The van der Waals surface area contributed by atoms with Gasteiger partial charge in [-0.05, 0) is 29.0 Å². The molecule has 0 unspecified atom stereocenters.